The van der Waals surface area contributed by atoms with Crippen LogP contribution in [0.5, 0.6) is 0 Å². The summed E-state index contributed by atoms with van der Waals surface area (Å²) in [5.41, 5.74) is 7.89. The van der Waals surface area contributed by atoms with Crippen molar-refractivity contribution in [1.29, 1.82) is 0 Å². The van der Waals surface area contributed by atoms with E-state index >= 15 is 0 Å². The summed E-state index contributed by atoms with van der Waals surface area (Å²) in [7, 11) is 0. The van der Waals surface area contributed by atoms with Gasteiger partial charge >= 0.3 is 5.97 Å². The Morgan fingerprint density at radius 2 is 1.67 bits per heavy atom. The molecule has 1 aliphatic carbocycles. The molecule has 0 radical (unpaired) electrons. The maximum Gasteiger partial charge on any atom is 0.335 e. The Morgan fingerprint density at radius 1 is 0.917 bits per heavy atom. The van der Waals surface area contributed by atoms with Gasteiger partial charge in [-0.25, -0.2) is 4.79 Å². The van der Waals surface area contributed by atoms with Crippen molar-refractivity contribution in [2.24, 2.45) is 0 Å². The zero-order valence-corrected chi connectivity index (χ0v) is 13.1. The highest BCUT2D eigenvalue weighted by Gasteiger charge is 2.17. The number of benzene rings is 3. The van der Waals surface area contributed by atoms with Gasteiger partial charge in [-0.2, -0.15) is 0 Å². The molecule has 0 spiro atoms. The minimum atomic E-state index is -0.903. The van der Waals surface area contributed by atoms with E-state index in [1.165, 1.54) is 27.8 Å². The minimum absolute atomic E-state index is 0.302. The van der Waals surface area contributed by atoms with Gasteiger partial charge in [0, 0.05) is 12.2 Å². The van der Waals surface area contributed by atoms with E-state index in [1.807, 2.05) is 0 Å². The first-order valence-electron chi connectivity index (χ1n) is 7.98. The summed E-state index contributed by atoms with van der Waals surface area (Å²) < 4.78 is 0. The number of nitrogens with one attached hydrogen (secondary N) is 1. The number of hydrogen-bond acceptors (Lipinski definition) is 2. The van der Waals surface area contributed by atoms with E-state index in [-0.39, 0.29) is 0 Å². The van der Waals surface area contributed by atoms with Crippen LogP contribution in [0.2, 0.25) is 0 Å². The normalized spacial score (nSPS) is 11.7. The third-order valence-electron chi connectivity index (χ3n) is 4.49. The molecule has 0 heterocycles. The zero-order chi connectivity index (χ0) is 16.5. The molecule has 0 amide bonds. The standard InChI is InChI=1S/C21H17NO2/c23-21(24)15-6-8-18(9-7-15)22-13-14-5-10-20-17(11-14)12-16-3-1-2-4-19(16)20/h1-11,22H,12-13H2,(H,23,24). The minimum Gasteiger partial charge on any atom is -0.478 e. The van der Waals surface area contributed by atoms with Gasteiger partial charge in [0.15, 0.2) is 0 Å². The molecule has 3 nitrogen and oxygen atoms in total. The van der Waals surface area contributed by atoms with E-state index < -0.39 is 5.97 Å². The molecule has 0 aliphatic heterocycles. The average Bonchev–Trinajstić information content (AvgIpc) is 2.98. The number of carboxylic acid groups (broad SMARTS) is 1. The number of rotatable bonds is 4. The topological polar surface area (TPSA) is 49.3 Å². The van der Waals surface area contributed by atoms with Gasteiger partial charge < -0.3 is 10.4 Å². The zero-order valence-electron chi connectivity index (χ0n) is 13.1. The summed E-state index contributed by atoms with van der Waals surface area (Å²) in [6.07, 6.45) is 0.993. The van der Waals surface area contributed by atoms with Crippen LogP contribution in [0.25, 0.3) is 11.1 Å². The monoisotopic (exact) mass is 315 g/mol. The first-order valence-corrected chi connectivity index (χ1v) is 7.98. The van der Waals surface area contributed by atoms with E-state index in [0.717, 1.165) is 18.7 Å². The summed E-state index contributed by atoms with van der Waals surface area (Å²) in [6, 6.07) is 22.0. The molecule has 118 valence electrons. The molecule has 3 aromatic rings. The van der Waals surface area contributed by atoms with Crippen LogP contribution in [-0.2, 0) is 13.0 Å². The van der Waals surface area contributed by atoms with Crippen LogP contribution in [0.1, 0.15) is 27.0 Å². The van der Waals surface area contributed by atoms with Gasteiger partial charge in [0.2, 0.25) is 0 Å². The number of anilines is 1. The first-order chi connectivity index (χ1) is 11.7. The molecular formula is C21H17NO2. The third kappa shape index (κ3) is 2.65. The molecule has 1 aliphatic rings. The Kier molecular flexibility index (Phi) is 3.54. The van der Waals surface area contributed by atoms with Crippen molar-refractivity contribution in [3.63, 3.8) is 0 Å². The van der Waals surface area contributed by atoms with Gasteiger partial charge in [0.05, 0.1) is 5.56 Å². The van der Waals surface area contributed by atoms with Crippen LogP contribution in [0.4, 0.5) is 5.69 Å². The molecule has 0 aromatic heterocycles. The Labute approximate surface area is 140 Å². The van der Waals surface area contributed by atoms with E-state index in [0.29, 0.717) is 5.56 Å². The van der Waals surface area contributed by atoms with E-state index in [1.54, 1.807) is 24.3 Å². The molecule has 3 aromatic carbocycles. The molecule has 4 rings (SSSR count). The van der Waals surface area contributed by atoms with Crippen LogP contribution in [0.3, 0.4) is 0 Å². The van der Waals surface area contributed by atoms with Gasteiger partial charge in [0.25, 0.3) is 0 Å². The Hall–Kier alpha value is -3.07. The second-order valence-electron chi connectivity index (χ2n) is 6.06. The molecule has 3 heteroatoms. The first kappa shape index (κ1) is 14.5. The van der Waals surface area contributed by atoms with Crippen LogP contribution in [0, 0.1) is 0 Å². The van der Waals surface area contributed by atoms with Crippen molar-refractivity contribution in [1.82, 2.24) is 0 Å². The lowest BCUT2D eigenvalue weighted by Crippen LogP contribution is -2.01. The number of aromatic carboxylic acids is 1. The Bertz CT molecular complexity index is 913. The SMILES string of the molecule is O=C(O)c1ccc(NCc2ccc3c(c2)Cc2ccccc2-3)cc1. The van der Waals surface area contributed by atoms with Crippen molar-refractivity contribution < 1.29 is 9.90 Å². The predicted molar refractivity (Wildman–Crippen MR) is 95.4 cm³/mol. The highest BCUT2D eigenvalue weighted by molar-refractivity contribution is 5.88. The molecule has 24 heavy (non-hydrogen) atoms. The second-order valence-corrected chi connectivity index (χ2v) is 6.06. The average molecular weight is 315 g/mol. The van der Waals surface area contributed by atoms with Gasteiger partial charge in [-0.1, -0.05) is 42.5 Å². The number of hydrogen-bond donors (Lipinski definition) is 2. The number of carboxylic acids is 1. The largest absolute Gasteiger partial charge is 0.478 e. The number of fused-ring (bicyclic) bond motifs is 3. The Balaban J connectivity index is 1.49. The third-order valence-corrected chi connectivity index (χ3v) is 4.49. The van der Waals surface area contributed by atoms with E-state index in [9.17, 15) is 4.79 Å². The summed E-state index contributed by atoms with van der Waals surface area (Å²) in [5.74, 6) is -0.903. The summed E-state index contributed by atoms with van der Waals surface area (Å²) in [4.78, 5) is 10.9. The number of carbonyl (C=O) groups is 1. The summed E-state index contributed by atoms with van der Waals surface area (Å²) in [6.45, 7) is 0.718. The molecular weight excluding hydrogens is 298 g/mol. The highest BCUT2D eigenvalue weighted by Crippen LogP contribution is 2.36. The fraction of sp³-hybridized carbons (Fsp3) is 0.0952. The van der Waals surface area contributed by atoms with Crippen LogP contribution < -0.4 is 5.32 Å². The molecule has 0 unspecified atom stereocenters. The van der Waals surface area contributed by atoms with E-state index in [4.69, 9.17) is 5.11 Å². The molecule has 0 bridgehead atoms. The van der Waals surface area contributed by atoms with Crippen LogP contribution in [-0.4, -0.2) is 11.1 Å². The molecule has 0 saturated carbocycles. The quantitative estimate of drug-likeness (QED) is 0.580. The van der Waals surface area contributed by atoms with Gasteiger partial charge in [-0.3, -0.25) is 0 Å². The lowest BCUT2D eigenvalue weighted by Gasteiger charge is -2.09. The fourth-order valence-corrected chi connectivity index (χ4v) is 3.24. The fourth-order valence-electron chi connectivity index (χ4n) is 3.24. The molecule has 2 N–H and O–H groups in total. The van der Waals surface area contributed by atoms with Crippen molar-refractivity contribution in [3.8, 4) is 11.1 Å². The van der Waals surface area contributed by atoms with Crippen molar-refractivity contribution in [3.05, 3.63) is 89.0 Å². The lowest BCUT2D eigenvalue weighted by molar-refractivity contribution is 0.0697. The van der Waals surface area contributed by atoms with Crippen molar-refractivity contribution >= 4 is 11.7 Å². The lowest BCUT2D eigenvalue weighted by atomic mass is 10.0. The highest BCUT2D eigenvalue weighted by atomic mass is 16.4. The van der Waals surface area contributed by atoms with Gasteiger partial charge in [-0.15, -0.1) is 0 Å². The van der Waals surface area contributed by atoms with Gasteiger partial charge in [0.1, 0.15) is 0 Å². The van der Waals surface area contributed by atoms with E-state index in [2.05, 4.69) is 47.8 Å². The van der Waals surface area contributed by atoms with Crippen LogP contribution >= 0.6 is 0 Å². The predicted octanol–water partition coefficient (Wildman–Crippen LogP) is 4.57. The summed E-state index contributed by atoms with van der Waals surface area (Å²) >= 11 is 0. The molecule has 0 saturated heterocycles. The maximum atomic E-state index is 10.9. The molecule has 0 fully saturated rings. The van der Waals surface area contributed by atoms with Gasteiger partial charge in [-0.05, 0) is 58.5 Å². The van der Waals surface area contributed by atoms with Crippen molar-refractivity contribution in [2.45, 2.75) is 13.0 Å². The molecule has 0 atom stereocenters. The maximum absolute atomic E-state index is 10.9. The van der Waals surface area contributed by atoms with Crippen LogP contribution in [0.15, 0.2) is 66.7 Å². The smallest absolute Gasteiger partial charge is 0.335 e. The summed E-state index contributed by atoms with van der Waals surface area (Å²) in [5, 5.41) is 12.3. The Morgan fingerprint density at radius 3 is 2.46 bits per heavy atom. The van der Waals surface area contributed by atoms with Crippen molar-refractivity contribution in [2.75, 3.05) is 5.32 Å². The second kappa shape index (κ2) is 5.85.